The number of aromatic nitrogens is 2. The summed E-state index contributed by atoms with van der Waals surface area (Å²) in [6.07, 6.45) is 2.20. The fraction of sp³-hybridized carbons (Fsp3) is 0.208. The summed E-state index contributed by atoms with van der Waals surface area (Å²) in [5.74, 6) is -1.56. The van der Waals surface area contributed by atoms with E-state index < -0.39 is 17.8 Å². The Hall–Kier alpha value is -2.87. The Morgan fingerprint density at radius 2 is 1.88 bits per heavy atom. The van der Waals surface area contributed by atoms with E-state index in [4.69, 9.17) is 15.8 Å². The number of hydrogen-bond acceptors (Lipinski definition) is 5. The molecule has 0 spiro atoms. The predicted molar refractivity (Wildman–Crippen MR) is 126 cm³/mol. The Bertz CT molecular complexity index is 1290. The maximum atomic E-state index is 14.8. The molecule has 8 heteroatoms. The second kappa shape index (κ2) is 8.58. The van der Waals surface area contributed by atoms with Crippen LogP contribution < -0.4 is 5.73 Å². The molecule has 1 unspecified atom stereocenters. The lowest BCUT2D eigenvalue weighted by Crippen LogP contribution is -2.32. The smallest absolute Gasteiger partial charge is 0.320 e. The van der Waals surface area contributed by atoms with Crippen molar-refractivity contribution in [2.45, 2.75) is 30.7 Å². The number of carboxylic acid groups (broad SMARTS) is 1. The van der Waals surface area contributed by atoms with Crippen molar-refractivity contribution in [3.63, 3.8) is 0 Å². The van der Waals surface area contributed by atoms with Gasteiger partial charge in [-0.15, -0.1) is 12.4 Å². The highest BCUT2D eigenvalue weighted by Crippen LogP contribution is 2.53. The summed E-state index contributed by atoms with van der Waals surface area (Å²) < 4.78 is 14.8. The number of carbonyl (C=O) groups is 1. The zero-order valence-electron chi connectivity index (χ0n) is 17.0. The molecule has 0 radical (unpaired) electrons. The highest BCUT2D eigenvalue weighted by Gasteiger charge is 2.47. The van der Waals surface area contributed by atoms with E-state index >= 15 is 0 Å². The van der Waals surface area contributed by atoms with E-state index in [1.807, 2.05) is 18.2 Å². The number of carboxylic acids is 1. The SMILES string of the molecule is Cl.NC(Cc1ccc(-c2nc3ccc(C4(c5ccccc5)CC4)nc3s2)c(F)c1)C(=O)O. The number of nitrogens with zero attached hydrogens (tertiary/aromatic N) is 2. The maximum Gasteiger partial charge on any atom is 0.320 e. The van der Waals surface area contributed by atoms with Crippen molar-refractivity contribution in [2.24, 2.45) is 5.73 Å². The van der Waals surface area contributed by atoms with E-state index in [2.05, 4.69) is 29.2 Å². The minimum Gasteiger partial charge on any atom is -0.480 e. The van der Waals surface area contributed by atoms with E-state index in [1.165, 1.54) is 23.0 Å². The molecule has 1 saturated carbocycles. The molecule has 2 heterocycles. The van der Waals surface area contributed by atoms with Gasteiger partial charge in [0.15, 0.2) is 0 Å². The largest absolute Gasteiger partial charge is 0.480 e. The molecule has 2 aromatic carbocycles. The van der Waals surface area contributed by atoms with Crippen LogP contribution in [0.4, 0.5) is 4.39 Å². The molecule has 2 aromatic heterocycles. The molecule has 4 aromatic rings. The molecule has 164 valence electrons. The van der Waals surface area contributed by atoms with Gasteiger partial charge in [-0.05, 0) is 54.7 Å². The lowest BCUT2D eigenvalue weighted by molar-refractivity contribution is -0.138. The Morgan fingerprint density at radius 1 is 1.12 bits per heavy atom. The van der Waals surface area contributed by atoms with Crippen LogP contribution in [-0.2, 0) is 16.6 Å². The number of pyridine rings is 1. The van der Waals surface area contributed by atoms with E-state index in [0.29, 0.717) is 16.1 Å². The van der Waals surface area contributed by atoms with Crippen molar-refractivity contribution in [1.82, 2.24) is 9.97 Å². The predicted octanol–water partition coefficient (Wildman–Crippen LogP) is 4.95. The third-order valence-corrected chi connectivity index (χ3v) is 6.86. The molecule has 5 nitrogen and oxygen atoms in total. The average Bonchev–Trinajstić information content (AvgIpc) is 3.47. The van der Waals surface area contributed by atoms with E-state index in [1.54, 1.807) is 12.1 Å². The maximum absolute atomic E-state index is 14.8. The van der Waals surface area contributed by atoms with Gasteiger partial charge in [0.25, 0.3) is 0 Å². The van der Waals surface area contributed by atoms with Gasteiger partial charge in [-0.1, -0.05) is 47.7 Å². The molecule has 0 saturated heterocycles. The van der Waals surface area contributed by atoms with Crippen molar-refractivity contribution in [3.8, 4) is 10.6 Å². The quantitative estimate of drug-likeness (QED) is 0.417. The summed E-state index contributed by atoms with van der Waals surface area (Å²) in [5, 5.41) is 9.50. The monoisotopic (exact) mass is 469 g/mol. The molecule has 1 aliphatic rings. The fourth-order valence-electron chi connectivity index (χ4n) is 3.97. The van der Waals surface area contributed by atoms with Gasteiger partial charge in [0.05, 0.1) is 5.69 Å². The van der Waals surface area contributed by atoms with E-state index in [9.17, 15) is 9.18 Å². The molecule has 32 heavy (non-hydrogen) atoms. The first-order valence-electron chi connectivity index (χ1n) is 10.1. The van der Waals surface area contributed by atoms with Gasteiger partial charge >= 0.3 is 5.97 Å². The lowest BCUT2D eigenvalue weighted by Gasteiger charge is -2.14. The third kappa shape index (κ3) is 3.99. The number of nitrogens with two attached hydrogens (primary N) is 1. The molecule has 1 fully saturated rings. The molecule has 0 aliphatic heterocycles. The van der Waals surface area contributed by atoms with Crippen LogP contribution in [0.5, 0.6) is 0 Å². The second-order valence-electron chi connectivity index (χ2n) is 7.95. The van der Waals surface area contributed by atoms with Crippen LogP contribution in [0.25, 0.3) is 20.9 Å². The molecule has 3 N–H and O–H groups in total. The molecular weight excluding hydrogens is 449 g/mol. The molecule has 0 amide bonds. The third-order valence-electron chi connectivity index (χ3n) is 5.86. The first kappa shape index (κ1) is 22.3. The standard InChI is InChI=1S/C24H20FN3O2S.ClH/c25-17-12-14(13-18(26)23(29)30)6-7-16(17)21-27-19-8-9-20(28-22(19)31-21)24(10-11-24)15-4-2-1-3-5-15;/h1-9,12,18H,10-11,13,26H2,(H,29,30);1H. The Kier molecular flexibility index (Phi) is 5.99. The number of thiazole rings is 1. The van der Waals surface area contributed by atoms with Crippen LogP contribution in [0.15, 0.2) is 60.7 Å². The minimum absolute atomic E-state index is 0. The molecule has 1 atom stereocenters. The summed E-state index contributed by atoms with van der Waals surface area (Å²) >= 11 is 1.36. The Balaban J connectivity index is 0.00000245. The first-order valence-corrected chi connectivity index (χ1v) is 10.9. The van der Waals surface area contributed by atoms with Crippen molar-refractivity contribution in [2.75, 3.05) is 0 Å². The lowest BCUT2D eigenvalue weighted by atomic mass is 9.92. The summed E-state index contributed by atoms with van der Waals surface area (Å²) in [6.45, 7) is 0. The molecular formula is C24H21ClFN3O2S. The first-order chi connectivity index (χ1) is 15.0. The Morgan fingerprint density at radius 3 is 2.53 bits per heavy atom. The van der Waals surface area contributed by atoms with Crippen LogP contribution in [0.3, 0.4) is 0 Å². The molecule has 5 rings (SSSR count). The minimum atomic E-state index is -1.11. The number of aliphatic carboxylic acids is 1. The van der Waals surface area contributed by atoms with Crippen LogP contribution in [-0.4, -0.2) is 27.1 Å². The second-order valence-corrected chi connectivity index (χ2v) is 8.93. The highest BCUT2D eigenvalue weighted by atomic mass is 35.5. The van der Waals surface area contributed by atoms with Crippen LogP contribution >= 0.6 is 23.7 Å². The van der Waals surface area contributed by atoms with E-state index in [-0.39, 0.29) is 24.2 Å². The summed E-state index contributed by atoms with van der Waals surface area (Å²) in [7, 11) is 0. The number of rotatable bonds is 6. The van der Waals surface area contributed by atoms with Crippen molar-refractivity contribution < 1.29 is 14.3 Å². The van der Waals surface area contributed by atoms with Gasteiger partial charge in [-0.2, -0.15) is 0 Å². The Labute approximate surface area is 194 Å². The fourth-order valence-corrected chi connectivity index (χ4v) is 4.94. The van der Waals surface area contributed by atoms with Crippen molar-refractivity contribution in [1.29, 1.82) is 0 Å². The number of benzene rings is 2. The van der Waals surface area contributed by atoms with Gasteiger partial charge in [0.1, 0.15) is 27.2 Å². The highest BCUT2D eigenvalue weighted by molar-refractivity contribution is 7.21. The van der Waals surface area contributed by atoms with E-state index in [0.717, 1.165) is 28.9 Å². The molecule has 0 bridgehead atoms. The van der Waals surface area contributed by atoms with Gasteiger partial charge in [-0.25, -0.2) is 14.4 Å². The summed E-state index contributed by atoms with van der Waals surface area (Å²) in [6, 6.07) is 18.0. The zero-order valence-corrected chi connectivity index (χ0v) is 18.6. The van der Waals surface area contributed by atoms with Gasteiger partial charge in [0, 0.05) is 11.0 Å². The summed E-state index contributed by atoms with van der Waals surface area (Å²) in [5.41, 5.74) is 9.48. The van der Waals surface area contributed by atoms with Crippen molar-refractivity contribution in [3.05, 3.63) is 83.3 Å². The van der Waals surface area contributed by atoms with Crippen LogP contribution in [0, 0.1) is 5.82 Å². The molecule has 1 aliphatic carbocycles. The van der Waals surface area contributed by atoms with Gasteiger partial charge in [0.2, 0.25) is 0 Å². The summed E-state index contributed by atoms with van der Waals surface area (Å²) in [4.78, 5) is 21.2. The number of fused-ring (bicyclic) bond motifs is 1. The van der Waals surface area contributed by atoms with Crippen LogP contribution in [0.2, 0.25) is 0 Å². The number of hydrogen-bond donors (Lipinski definition) is 2. The topological polar surface area (TPSA) is 89.1 Å². The van der Waals surface area contributed by atoms with Crippen molar-refractivity contribution >= 4 is 40.1 Å². The average molecular weight is 470 g/mol. The van der Waals surface area contributed by atoms with Gasteiger partial charge < -0.3 is 10.8 Å². The zero-order chi connectivity index (χ0) is 21.6. The number of halogens is 2. The van der Waals surface area contributed by atoms with Gasteiger partial charge in [-0.3, -0.25) is 4.79 Å². The normalized spacial score (nSPS) is 15.2. The van der Waals surface area contributed by atoms with Crippen LogP contribution in [0.1, 0.15) is 29.7 Å².